The molecule has 1 fully saturated rings. The maximum atomic E-state index is 12.7. The first-order valence-corrected chi connectivity index (χ1v) is 12.7. The topological polar surface area (TPSA) is 180 Å². The van der Waals surface area contributed by atoms with E-state index in [1.165, 1.54) is 19.4 Å². The Bertz CT molecular complexity index is 1270. The molecule has 3 aliphatic rings. The van der Waals surface area contributed by atoms with Crippen molar-refractivity contribution in [3.8, 4) is 0 Å². The molecule has 9 unspecified atom stereocenters. The fourth-order valence-electron chi connectivity index (χ4n) is 5.64. The Morgan fingerprint density at radius 1 is 1.18 bits per heavy atom. The molecule has 1 aromatic carbocycles. The maximum Gasteiger partial charge on any atom is 0.337 e. The number of aliphatic hydroxyl groups excluding tert-OH is 4. The van der Waals surface area contributed by atoms with Gasteiger partial charge < -0.3 is 49.7 Å². The fourth-order valence-corrected chi connectivity index (χ4v) is 5.64. The number of esters is 1. The average Bonchev–Trinajstić information content (AvgIpc) is 3.31. The number of carbonyl (C=O) groups excluding carboxylic acids is 2. The Hall–Kier alpha value is -3.26. The maximum absolute atomic E-state index is 12.7. The van der Waals surface area contributed by atoms with Gasteiger partial charge in [0.05, 0.1) is 38.0 Å². The second-order valence-electron chi connectivity index (χ2n) is 9.92. The number of aromatic amines is 1. The summed E-state index contributed by atoms with van der Waals surface area (Å²) < 4.78 is 22.1. The summed E-state index contributed by atoms with van der Waals surface area (Å²) in [6, 6.07) is 7.20. The molecular weight excluding hydrogens is 512 g/mol. The molecule has 0 radical (unpaired) electrons. The van der Waals surface area contributed by atoms with Gasteiger partial charge in [0, 0.05) is 28.4 Å². The van der Waals surface area contributed by atoms with E-state index in [0.717, 1.165) is 22.2 Å². The number of aliphatic hydroxyl groups is 4. The molecule has 1 aromatic heterocycles. The van der Waals surface area contributed by atoms with Crippen LogP contribution in [0.2, 0.25) is 0 Å². The minimum atomic E-state index is -1.65. The highest BCUT2D eigenvalue weighted by molar-refractivity contribution is 5.92. The van der Waals surface area contributed by atoms with Crippen LogP contribution in [0.1, 0.15) is 23.7 Å². The zero-order chi connectivity index (χ0) is 27.8. The first-order valence-electron chi connectivity index (χ1n) is 12.7. The van der Waals surface area contributed by atoms with Gasteiger partial charge in [-0.1, -0.05) is 24.3 Å². The number of amides is 1. The lowest BCUT2D eigenvalue weighted by Gasteiger charge is -2.43. The second kappa shape index (κ2) is 11.1. The number of rotatable bonds is 7. The second-order valence-corrected chi connectivity index (χ2v) is 9.92. The lowest BCUT2D eigenvalue weighted by molar-refractivity contribution is -0.339. The van der Waals surface area contributed by atoms with E-state index in [-0.39, 0.29) is 24.3 Å². The number of hydrogen-bond acceptors (Lipinski definition) is 10. The number of ether oxygens (including phenoxy) is 4. The van der Waals surface area contributed by atoms with Gasteiger partial charge in [0.15, 0.2) is 6.29 Å². The van der Waals surface area contributed by atoms with Gasteiger partial charge in [0.25, 0.3) is 0 Å². The first kappa shape index (κ1) is 27.3. The quantitative estimate of drug-likeness (QED) is 0.204. The molecule has 4 heterocycles. The van der Waals surface area contributed by atoms with E-state index >= 15 is 0 Å². The largest absolute Gasteiger partial charge is 0.471 e. The van der Waals surface area contributed by atoms with Crippen LogP contribution in [-0.4, -0.2) is 88.0 Å². The summed E-state index contributed by atoms with van der Waals surface area (Å²) in [7, 11) is 1.25. The molecule has 1 saturated heterocycles. The predicted octanol–water partition coefficient (Wildman–Crippen LogP) is -0.0805. The number of aromatic nitrogens is 1. The molecule has 12 nitrogen and oxygen atoms in total. The highest BCUT2D eigenvalue weighted by Gasteiger charge is 2.48. The third kappa shape index (κ3) is 4.95. The van der Waals surface area contributed by atoms with E-state index in [1.54, 1.807) is 0 Å². The van der Waals surface area contributed by atoms with Crippen molar-refractivity contribution in [3.05, 3.63) is 60.0 Å². The molecular formula is C27H32N2O10. The van der Waals surface area contributed by atoms with Crippen molar-refractivity contribution < 1.29 is 49.0 Å². The molecule has 0 spiro atoms. The lowest BCUT2D eigenvalue weighted by atomic mass is 9.78. The Morgan fingerprint density at radius 3 is 2.67 bits per heavy atom. The van der Waals surface area contributed by atoms with Crippen molar-refractivity contribution in [3.63, 3.8) is 0 Å². The van der Waals surface area contributed by atoms with Crippen LogP contribution < -0.4 is 5.32 Å². The van der Waals surface area contributed by atoms with E-state index in [4.69, 9.17) is 18.9 Å². The number of methoxy groups -OCH3 is 1. The van der Waals surface area contributed by atoms with Crippen LogP contribution in [-0.2, 0) is 35.0 Å². The van der Waals surface area contributed by atoms with Crippen LogP contribution in [0.5, 0.6) is 0 Å². The van der Waals surface area contributed by atoms with Crippen LogP contribution in [0.4, 0.5) is 0 Å². The molecule has 12 heteroatoms. The van der Waals surface area contributed by atoms with Crippen molar-refractivity contribution in [2.24, 2.45) is 11.8 Å². The minimum absolute atomic E-state index is 0.155. The van der Waals surface area contributed by atoms with Crippen molar-refractivity contribution in [1.29, 1.82) is 0 Å². The smallest absolute Gasteiger partial charge is 0.337 e. The van der Waals surface area contributed by atoms with Gasteiger partial charge in [-0.3, -0.25) is 4.79 Å². The van der Waals surface area contributed by atoms with Crippen molar-refractivity contribution >= 4 is 22.8 Å². The van der Waals surface area contributed by atoms with Crippen molar-refractivity contribution in [2.75, 3.05) is 13.7 Å². The summed E-state index contributed by atoms with van der Waals surface area (Å²) >= 11 is 0. The number of hydrogen-bond donors (Lipinski definition) is 6. The molecule has 9 atom stereocenters. The molecule has 2 aromatic rings. The van der Waals surface area contributed by atoms with E-state index in [2.05, 4.69) is 16.9 Å². The number of carbonyl (C=O) groups is 2. The molecule has 6 N–H and O–H groups in total. The SMILES string of the molecule is C=CC1C(OC2OC(CO)C(O)C(O)C2O)OC=C(C(=O)OC)C1CC1NC(=O)Cc2c1[nH]c1ccccc21. The third-order valence-corrected chi connectivity index (χ3v) is 7.67. The average molecular weight is 545 g/mol. The fraction of sp³-hybridized carbons (Fsp3) is 0.481. The van der Waals surface area contributed by atoms with Gasteiger partial charge in [-0.25, -0.2) is 4.79 Å². The van der Waals surface area contributed by atoms with Gasteiger partial charge in [0.1, 0.15) is 24.4 Å². The van der Waals surface area contributed by atoms with Gasteiger partial charge in [0.2, 0.25) is 12.2 Å². The summed E-state index contributed by atoms with van der Waals surface area (Å²) in [5.74, 6) is -2.08. The van der Waals surface area contributed by atoms with Crippen LogP contribution in [0.3, 0.4) is 0 Å². The number of para-hydroxylation sites is 1. The number of nitrogens with one attached hydrogen (secondary N) is 2. The van der Waals surface area contributed by atoms with Crippen molar-refractivity contribution in [2.45, 2.75) is 55.9 Å². The zero-order valence-corrected chi connectivity index (χ0v) is 21.2. The molecule has 39 heavy (non-hydrogen) atoms. The summed E-state index contributed by atoms with van der Waals surface area (Å²) in [6.45, 7) is 3.27. The van der Waals surface area contributed by atoms with Gasteiger partial charge in [-0.2, -0.15) is 0 Å². The van der Waals surface area contributed by atoms with E-state index in [9.17, 15) is 30.0 Å². The number of benzene rings is 1. The first-order chi connectivity index (χ1) is 18.8. The summed E-state index contributed by atoms with van der Waals surface area (Å²) in [5, 5.41) is 44.2. The molecule has 5 rings (SSSR count). The van der Waals surface area contributed by atoms with Crippen LogP contribution >= 0.6 is 0 Å². The molecule has 0 bridgehead atoms. The summed E-state index contributed by atoms with van der Waals surface area (Å²) in [5.41, 5.74) is 2.82. The van der Waals surface area contributed by atoms with Crippen LogP contribution in [0.15, 0.2) is 48.8 Å². The third-order valence-electron chi connectivity index (χ3n) is 7.67. The summed E-state index contributed by atoms with van der Waals surface area (Å²) in [4.78, 5) is 28.9. The highest BCUT2D eigenvalue weighted by Crippen LogP contribution is 2.42. The lowest BCUT2D eigenvalue weighted by Crippen LogP contribution is -2.60. The molecule has 210 valence electrons. The normalized spacial score (nSPS) is 34.4. The zero-order valence-electron chi connectivity index (χ0n) is 21.2. The Labute approximate surface area is 223 Å². The molecule has 0 aliphatic carbocycles. The van der Waals surface area contributed by atoms with E-state index in [1.807, 2.05) is 24.3 Å². The van der Waals surface area contributed by atoms with Crippen molar-refractivity contribution in [1.82, 2.24) is 10.3 Å². The minimum Gasteiger partial charge on any atom is -0.471 e. The van der Waals surface area contributed by atoms with E-state index in [0.29, 0.717) is 0 Å². The van der Waals surface area contributed by atoms with Crippen LogP contribution in [0, 0.1) is 11.8 Å². The van der Waals surface area contributed by atoms with Gasteiger partial charge in [-0.05, 0) is 18.1 Å². The molecule has 0 saturated carbocycles. The Balaban J connectivity index is 1.45. The monoisotopic (exact) mass is 544 g/mol. The van der Waals surface area contributed by atoms with Gasteiger partial charge >= 0.3 is 5.97 Å². The number of H-pyrrole nitrogens is 1. The van der Waals surface area contributed by atoms with Gasteiger partial charge in [-0.15, -0.1) is 6.58 Å². The number of fused-ring (bicyclic) bond motifs is 3. The van der Waals surface area contributed by atoms with Crippen LogP contribution in [0.25, 0.3) is 10.9 Å². The Morgan fingerprint density at radius 2 is 1.95 bits per heavy atom. The highest BCUT2D eigenvalue weighted by atomic mass is 16.8. The molecule has 1 amide bonds. The Kier molecular flexibility index (Phi) is 7.76. The predicted molar refractivity (Wildman–Crippen MR) is 135 cm³/mol. The van der Waals surface area contributed by atoms with E-state index < -0.39 is 67.4 Å². The summed E-state index contributed by atoms with van der Waals surface area (Å²) in [6.07, 6.45) is -5.39. The molecule has 3 aliphatic heterocycles. The standard InChI is InChI=1S/C27H32N2O10/c1-3-12-14(8-18-21-15(9-20(31)28-18)13-6-4-5-7-17(13)29-21)16(25(35)36-2)11-37-26(12)39-27-24(34)23(33)22(32)19(10-30)38-27/h3-7,11-12,14,18-19,22-24,26-27,29-30,32-34H,1,8-10H2,2H3,(H,28,31).